The van der Waals surface area contributed by atoms with Gasteiger partial charge in [0.2, 0.25) is 0 Å². The van der Waals surface area contributed by atoms with E-state index in [2.05, 4.69) is 5.32 Å². The fourth-order valence-corrected chi connectivity index (χ4v) is 3.18. The Kier molecular flexibility index (Phi) is 8.71. The molecule has 33 heavy (non-hydrogen) atoms. The molecule has 3 rings (SSSR count). The standard InChI is InChI=1S/C26H25FN2O4/c27-23-14-8-7-13-22(23)26(32)28-17-25(31)33-19-24(30)29(18-21-11-5-2-6-12-21)16-15-20-9-3-1-4-10-20/h1-14H,15-19H2,(H,28,32). The number of hydrogen-bond donors (Lipinski definition) is 1. The zero-order chi connectivity index (χ0) is 23.5. The molecule has 6 nitrogen and oxygen atoms in total. The average Bonchev–Trinajstić information content (AvgIpc) is 2.85. The number of halogens is 1. The van der Waals surface area contributed by atoms with E-state index in [-0.39, 0.29) is 11.5 Å². The van der Waals surface area contributed by atoms with Crippen LogP contribution in [0.5, 0.6) is 0 Å². The molecule has 0 aliphatic rings. The van der Waals surface area contributed by atoms with Crippen molar-refractivity contribution in [3.63, 3.8) is 0 Å². The number of hydrogen-bond acceptors (Lipinski definition) is 4. The van der Waals surface area contributed by atoms with Crippen LogP contribution >= 0.6 is 0 Å². The van der Waals surface area contributed by atoms with E-state index in [0.717, 1.165) is 17.2 Å². The molecule has 0 radical (unpaired) electrons. The van der Waals surface area contributed by atoms with Gasteiger partial charge in [0.15, 0.2) is 6.61 Å². The molecule has 0 saturated carbocycles. The highest BCUT2D eigenvalue weighted by molar-refractivity contribution is 5.96. The first-order chi connectivity index (χ1) is 16.0. The number of rotatable bonds is 10. The Hall–Kier alpha value is -4.00. The van der Waals surface area contributed by atoms with Crippen molar-refractivity contribution in [2.75, 3.05) is 19.7 Å². The van der Waals surface area contributed by atoms with Gasteiger partial charge in [-0.25, -0.2) is 4.39 Å². The number of nitrogens with zero attached hydrogens (tertiary/aromatic N) is 1. The normalized spacial score (nSPS) is 10.3. The first-order valence-electron chi connectivity index (χ1n) is 10.6. The van der Waals surface area contributed by atoms with Gasteiger partial charge in [0.1, 0.15) is 12.4 Å². The summed E-state index contributed by atoms with van der Waals surface area (Å²) in [5, 5.41) is 2.30. The van der Waals surface area contributed by atoms with Crippen molar-refractivity contribution in [2.24, 2.45) is 0 Å². The molecular formula is C26H25FN2O4. The summed E-state index contributed by atoms with van der Waals surface area (Å²) in [4.78, 5) is 38.5. The van der Waals surface area contributed by atoms with Crippen molar-refractivity contribution in [3.8, 4) is 0 Å². The van der Waals surface area contributed by atoms with Crippen molar-refractivity contribution in [3.05, 3.63) is 107 Å². The lowest BCUT2D eigenvalue weighted by Gasteiger charge is -2.23. The second-order valence-electron chi connectivity index (χ2n) is 7.36. The molecule has 0 saturated heterocycles. The summed E-state index contributed by atoms with van der Waals surface area (Å²) in [5.41, 5.74) is 1.88. The highest BCUT2D eigenvalue weighted by Gasteiger charge is 2.17. The fourth-order valence-electron chi connectivity index (χ4n) is 3.18. The van der Waals surface area contributed by atoms with Crippen molar-refractivity contribution in [1.29, 1.82) is 0 Å². The Balaban J connectivity index is 1.52. The molecule has 0 aromatic heterocycles. The van der Waals surface area contributed by atoms with Gasteiger partial charge in [0, 0.05) is 13.1 Å². The second-order valence-corrected chi connectivity index (χ2v) is 7.36. The van der Waals surface area contributed by atoms with Crippen LogP contribution in [0.3, 0.4) is 0 Å². The van der Waals surface area contributed by atoms with Crippen molar-refractivity contribution >= 4 is 17.8 Å². The third kappa shape index (κ3) is 7.57. The highest BCUT2D eigenvalue weighted by atomic mass is 19.1. The van der Waals surface area contributed by atoms with E-state index in [0.29, 0.717) is 19.5 Å². The number of benzene rings is 3. The van der Waals surface area contributed by atoms with Gasteiger partial charge < -0.3 is 15.0 Å². The van der Waals surface area contributed by atoms with Crippen LogP contribution in [-0.4, -0.2) is 42.4 Å². The molecule has 0 unspecified atom stereocenters. The molecule has 0 spiro atoms. The Labute approximate surface area is 192 Å². The van der Waals surface area contributed by atoms with Crippen LogP contribution in [-0.2, 0) is 27.3 Å². The lowest BCUT2D eigenvalue weighted by atomic mass is 10.1. The summed E-state index contributed by atoms with van der Waals surface area (Å²) >= 11 is 0. The van der Waals surface area contributed by atoms with Crippen LogP contribution in [0, 0.1) is 5.82 Å². The molecule has 0 atom stereocenters. The maximum absolute atomic E-state index is 13.7. The maximum atomic E-state index is 13.7. The minimum atomic E-state index is -0.782. The summed E-state index contributed by atoms with van der Waals surface area (Å²) < 4.78 is 18.7. The molecular weight excluding hydrogens is 423 g/mol. The molecule has 3 aromatic rings. The van der Waals surface area contributed by atoms with Gasteiger partial charge in [-0.3, -0.25) is 14.4 Å². The third-order valence-electron chi connectivity index (χ3n) is 4.95. The van der Waals surface area contributed by atoms with E-state index >= 15 is 0 Å². The maximum Gasteiger partial charge on any atom is 0.325 e. The molecule has 1 N–H and O–H groups in total. The predicted molar refractivity (Wildman–Crippen MR) is 122 cm³/mol. The quantitative estimate of drug-likeness (QED) is 0.483. The van der Waals surface area contributed by atoms with E-state index < -0.39 is 30.8 Å². The number of ether oxygens (including phenoxy) is 1. The Morgan fingerprint density at radius 1 is 0.818 bits per heavy atom. The number of esters is 1. The number of carbonyl (C=O) groups is 3. The Morgan fingerprint density at radius 2 is 1.42 bits per heavy atom. The minimum absolute atomic E-state index is 0.170. The van der Waals surface area contributed by atoms with E-state index in [9.17, 15) is 18.8 Å². The SMILES string of the molecule is O=C(CNC(=O)c1ccccc1F)OCC(=O)N(CCc1ccccc1)Cc1ccccc1. The van der Waals surface area contributed by atoms with Crippen LogP contribution in [0.2, 0.25) is 0 Å². The molecule has 2 amide bonds. The van der Waals surface area contributed by atoms with Crippen LogP contribution in [0.15, 0.2) is 84.9 Å². The average molecular weight is 448 g/mol. The third-order valence-corrected chi connectivity index (χ3v) is 4.95. The van der Waals surface area contributed by atoms with Crippen LogP contribution in [0.25, 0.3) is 0 Å². The lowest BCUT2D eigenvalue weighted by Crippen LogP contribution is -2.37. The zero-order valence-electron chi connectivity index (χ0n) is 18.1. The van der Waals surface area contributed by atoms with Crippen LogP contribution in [0.1, 0.15) is 21.5 Å². The lowest BCUT2D eigenvalue weighted by molar-refractivity contribution is -0.151. The zero-order valence-corrected chi connectivity index (χ0v) is 18.1. The van der Waals surface area contributed by atoms with E-state index in [4.69, 9.17) is 4.74 Å². The number of amides is 2. The van der Waals surface area contributed by atoms with Crippen molar-refractivity contribution < 1.29 is 23.5 Å². The van der Waals surface area contributed by atoms with Crippen molar-refractivity contribution in [1.82, 2.24) is 10.2 Å². The smallest absolute Gasteiger partial charge is 0.325 e. The van der Waals surface area contributed by atoms with Crippen LogP contribution in [0.4, 0.5) is 4.39 Å². The van der Waals surface area contributed by atoms with Gasteiger partial charge >= 0.3 is 5.97 Å². The summed E-state index contributed by atoms with van der Waals surface area (Å²) in [6, 6.07) is 24.8. The summed E-state index contributed by atoms with van der Waals surface area (Å²) in [7, 11) is 0. The molecule has 7 heteroatoms. The molecule has 0 bridgehead atoms. The summed E-state index contributed by atoms with van der Waals surface area (Å²) in [5.74, 6) is -2.54. The molecule has 0 heterocycles. The van der Waals surface area contributed by atoms with E-state index in [1.807, 2.05) is 60.7 Å². The molecule has 0 aliphatic carbocycles. The molecule has 3 aromatic carbocycles. The Morgan fingerprint density at radius 3 is 2.09 bits per heavy atom. The summed E-state index contributed by atoms with van der Waals surface area (Å²) in [6.07, 6.45) is 0.659. The molecule has 170 valence electrons. The summed E-state index contributed by atoms with van der Waals surface area (Å²) in [6.45, 7) is -0.0768. The van der Waals surface area contributed by atoms with Gasteiger partial charge in [-0.2, -0.15) is 0 Å². The monoisotopic (exact) mass is 448 g/mol. The highest BCUT2D eigenvalue weighted by Crippen LogP contribution is 2.09. The number of carbonyl (C=O) groups excluding carboxylic acids is 3. The van der Waals surface area contributed by atoms with Gasteiger partial charge in [-0.05, 0) is 29.7 Å². The van der Waals surface area contributed by atoms with E-state index in [1.165, 1.54) is 18.2 Å². The number of nitrogens with one attached hydrogen (secondary N) is 1. The largest absolute Gasteiger partial charge is 0.454 e. The molecule has 0 aliphatic heterocycles. The molecule has 0 fully saturated rings. The van der Waals surface area contributed by atoms with Gasteiger partial charge in [-0.15, -0.1) is 0 Å². The fraction of sp³-hybridized carbons (Fsp3) is 0.192. The van der Waals surface area contributed by atoms with Gasteiger partial charge in [-0.1, -0.05) is 72.8 Å². The Bertz CT molecular complexity index is 1070. The minimum Gasteiger partial charge on any atom is -0.454 e. The van der Waals surface area contributed by atoms with Gasteiger partial charge in [0.25, 0.3) is 11.8 Å². The van der Waals surface area contributed by atoms with Gasteiger partial charge in [0.05, 0.1) is 5.56 Å². The predicted octanol–water partition coefficient (Wildman–Crippen LogP) is 3.37. The second kappa shape index (κ2) is 12.1. The van der Waals surface area contributed by atoms with E-state index in [1.54, 1.807) is 4.90 Å². The van der Waals surface area contributed by atoms with Crippen LogP contribution < -0.4 is 5.32 Å². The first-order valence-corrected chi connectivity index (χ1v) is 10.6. The van der Waals surface area contributed by atoms with Crippen molar-refractivity contribution in [2.45, 2.75) is 13.0 Å². The first kappa shape index (κ1) is 23.7. The topological polar surface area (TPSA) is 75.7 Å².